The lowest BCUT2D eigenvalue weighted by atomic mass is 10.3. The summed E-state index contributed by atoms with van der Waals surface area (Å²) in [6, 6.07) is 10.2. The molecule has 0 saturated carbocycles. The van der Waals surface area contributed by atoms with Gasteiger partial charge in [0.05, 0.1) is 10.6 Å². The molecule has 3 rings (SSSR count). The van der Waals surface area contributed by atoms with Crippen LogP contribution in [0.1, 0.15) is 15.9 Å². The highest BCUT2D eigenvalue weighted by molar-refractivity contribution is 9.10. The molecule has 0 saturated heterocycles. The Bertz CT molecular complexity index is 895. The molecule has 0 bridgehead atoms. The summed E-state index contributed by atoms with van der Waals surface area (Å²) in [4.78, 5) is 14.2. The highest BCUT2D eigenvalue weighted by Gasteiger charge is 2.02. The molecule has 0 aliphatic rings. The van der Waals surface area contributed by atoms with Crippen molar-refractivity contribution in [2.75, 3.05) is 5.32 Å². The van der Waals surface area contributed by atoms with Crippen molar-refractivity contribution in [3.8, 4) is 0 Å². The third kappa shape index (κ3) is 6.30. The molecule has 0 amide bonds. The maximum Gasteiger partial charge on any atom is 0.190 e. The van der Waals surface area contributed by atoms with E-state index in [1.807, 2.05) is 6.07 Å². The predicted molar refractivity (Wildman–Crippen MR) is 100 cm³/mol. The highest BCUT2D eigenvalue weighted by Crippen LogP contribution is 2.21. The van der Waals surface area contributed by atoms with Gasteiger partial charge in [-0.15, -0.1) is 0 Å². The summed E-state index contributed by atoms with van der Waals surface area (Å²) < 4.78 is 1.95. The van der Waals surface area contributed by atoms with E-state index in [4.69, 9.17) is 11.6 Å². The Hall–Kier alpha value is -2.71. The lowest BCUT2D eigenvalue weighted by Crippen LogP contribution is -2.25. The molecular weight excluding hydrogens is 424 g/mol. The Morgan fingerprint density at radius 1 is 1.12 bits per heavy atom. The number of nitrogens with one attached hydrogen (secondary N) is 1. The van der Waals surface area contributed by atoms with Crippen LogP contribution in [0.3, 0.4) is 0 Å². The average molecular weight is 438 g/mol. The molecule has 0 atom stereocenters. The van der Waals surface area contributed by atoms with Crippen LogP contribution in [0, 0.1) is 10.4 Å². The van der Waals surface area contributed by atoms with Gasteiger partial charge in [-0.25, -0.2) is 4.98 Å². The molecule has 26 heavy (non-hydrogen) atoms. The van der Waals surface area contributed by atoms with Gasteiger partial charge in [0.25, 0.3) is 0 Å². The van der Waals surface area contributed by atoms with Crippen LogP contribution in [0.15, 0.2) is 65.8 Å². The van der Waals surface area contributed by atoms with Crippen LogP contribution >= 0.6 is 27.5 Å². The van der Waals surface area contributed by atoms with Crippen molar-refractivity contribution in [1.29, 1.82) is 0 Å². The number of aromatic nitrogens is 3. The number of hydrogen-bond donors (Lipinski definition) is 1. The molecule has 0 unspecified atom stereocenters. The number of halogens is 2. The van der Waals surface area contributed by atoms with Gasteiger partial charge < -0.3 is 15.7 Å². The second-order valence-electron chi connectivity index (χ2n) is 5.01. The van der Waals surface area contributed by atoms with Crippen molar-refractivity contribution in [3.05, 3.63) is 92.4 Å². The molecule has 9 heteroatoms. The fourth-order valence-electron chi connectivity index (χ4n) is 1.86. The lowest BCUT2D eigenvalue weighted by Gasteiger charge is -2.06. The third-order valence-corrected chi connectivity index (χ3v) is 4.19. The maximum absolute atomic E-state index is 11.0. The van der Waals surface area contributed by atoms with Gasteiger partial charge in [-0.05, 0) is 40.2 Å². The molecule has 0 aromatic carbocycles. The van der Waals surface area contributed by atoms with E-state index in [9.17, 15) is 15.2 Å². The Morgan fingerprint density at radius 2 is 1.81 bits per heavy atom. The van der Waals surface area contributed by atoms with Crippen LogP contribution in [0.25, 0.3) is 0 Å². The zero-order valence-electron chi connectivity index (χ0n) is 13.4. The van der Waals surface area contributed by atoms with Gasteiger partial charge in [0.2, 0.25) is 0 Å². The molecule has 3 aromatic rings. The van der Waals surface area contributed by atoms with Gasteiger partial charge in [0.1, 0.15) is 10.4 Å². The van der Waals surface area contributed by atoms with Crippen LogP contribution in [-0.2, 0) is 6.54 Å². The zero-order valence-corrected chi connectivity index (χ0v) is 15.7. The minimum atomic E-state index is 0.396. The standard InChI is InChI=1S/C11H9BrClN3O.C6H5NO2/c12-11-9(13)3-4-10(15-11)14-6-8-2-1-5-16(17)7-8;8-5-6-2-1-3-7(9)4-6/h1-5,7H,6H2,(H,14,15);1-5H. The second-order valence-corrected chi connectivity index (χ2v) is 6.17. The quantitative estimate of drug-likeness (QED) is 0.293. The van der Waals surface area contributed by atoms with E-state index in [1.165, 1.54) is 30.9 Å². The third-order valence-electron chi connectivity index (χ3n) is 3.05. The van der Waals surface area contributed by atoms with Crippen molar-refractivity contribution in [2.45, 2.75) is 6.54 Å². The maximum atomic E-state index is 11.0. The van der Waals surface area contributed by atoms with E-state index in [0.717, 1.165) is 10.3 Å². The Balaban J connectivity index is 0.000000228. The number of aldehydes is 1. The van der Waals surface area contributed by atoms with Gasteiger partial charge in [-0.1, -0.05) is 11.6 Å². The Labute approximate surface area is 163 Å². The van der Waals surface area contributed by atoms with E-state index < -0.39 is 0 Å². The molecule has 0 fully saturated rings. The van der Waals surface area contributed by atoms with Gasteiger partial charge in [-0.3, -0.25) is 4.79 Å². The zero-order chi connectivity index (χ0) is 18.9. The topological polar surface area (TPSA) is 95.9 Å². The van der Waals surface area contributed by atoms with E-state index in [0.29, 0.717) is 38.6 Å². The fraction of sp³-hybridized carbons (Fsp3) is 0.0588. The number of pyridine rings is 3. The average Bonchev–Trinajstić information content (AvgIpc) is 2.63. The lowest BCUT2D eigenvalue weighted by molar-refractivity contribution is -0.605. The SMILES string of the molecule is O=Cc1ccc[n+]([O-])c1.[O-][n+]1cccc(CNc2ccc(Cl)c(Br)n2)c1. The summed E-state index contributed by atoms with van der Waals surface area (Å²) in [5, 5.41) is 25.1. The van der Waals surface area contributed by atoms with Crippen LogP contribution in [0.4, 0.5) is 5.82 Å². The molecule has 1 N–H and O–H groups in total. The molecular formula is C17H14BrClN4O3. The first-order valence-electron chi connectivity index (χ1n) is 7.35. The number of rotatable bonds is 4. The summed E-state index contributed by atoms with van der Waals surface area (Å²) in [5.41, 5.74) is 1.28. The van der Waals surface area contributed by atoms with Gasteiger partial charge in [0.15, 0.2) is 31.1 Å². The number of hydrogen-bond acceptors (Lipinski definition) is 5. The van der Waals surface area contributed by atoms with Crippen LogP contribution in [0.2, 0.25) is 5.02 Å². The first kappa shape index (κ1) is 19.6. The molecule has 0 radical (unpaired) electrons. The monoisotopic (exact) mass is 436 g/mol. The van der Waals surface area contributed by atoms with Crippen molar-refractivity contribution in [2.24, 2.45) is 0 Å². The summed E-state index contributed by atoms with van der Waals surface area (Å²) in [7, 11) is 0. The van der Waals surface area contributed by atoms with Crippen LogP contribution < -0.4 is 14.8 Å². The Kier molecular flexibility index (Phi) is 7.31. The fourth-order valence-corrected chi connectivity index (χ4v) is 2.28. The van der Waals surface area contributed by atoms with Crippen molar-refractivity contribution in [1.82, 2.24) is 4.98 Å². The number of anilines is 1. The first-order valence-corrected chi connectivity index (χ1v) is 8.52. The van der Waals surface area contributed by atoms with Crippen molar-refractivity contribution in [3.63, 3.8) is 0 Å². The second kappa shape index (κ2) is 9.69. The predicted octanol–water partition coefficient (Wildman–Crippen LogP) is 2.88. The van der Waals surface area contributed by atoms with Gasteiger partial charge in [0, 0.05) is 24.2 Å². The molecule has 0 spiro atoms. The van der Waals surface area contributed by atoms with E-state index in [-0.39, 0.29) is 0 Å². The summed E-state index contributed by atoms with van der Waals surface area (Å²) in [6.45, 7) is 0.532. The molecule has 3 heterocycles. The summed E-state index contributed by atoms with van der Waals surface area (Å²) in [5.74, 6) is 0.697. The molecule has 0 aliphatic carbocycles. The molecule has 7 nitrogen and oxygen atoms in total. The van der Waals surface area contributed by atoms with Crippen LogP contribution in [-0.4, -0.2) is 11.3 Å². The smallest absolute Gasteiger partial charge is 0.190 e. The normalized spacial score (nSPS) is 9.77. The highest BCUT2D eigenvalue weighted by atomic mass is 79.9. The van der Waals surface area contributed by atoms with Gasteiger partial charge >= 0.3 is 0 Å². The minimum absolute atomic E-state index is 0.396. The molecule has 3 aromatic heterocycles. The van der Waals surface area contributed by atoms with Crippen molar-refractivity contribution < 1.29 is 14.3 Å². The van der Waals surface area contributed by atoms with Gasteiger partial charge in [-0.2, -0.15) is 9.46 Å². The van der Waals surface area contributed by atoms with Crippen molar-refractivity contribution >= 4 is 39.6 Å². The summed E-state index contributed by atoms with van der Waals surface area (Å²) >= 11 is 9.08. The van der Waals surface area contributed by atoms with E-state index in [2.05, 4.69) is 26.2 Å². The minimum Gasteiger partial charge on any atom is -0.619 e. The number of carbonyl (C=O) groups excluding carboxylic acids is 1. The van der Waals surface area contributed by atoms with Crippen LogP contribution in [0.5, 0.6) is 0 Å². The summed E-state index contributed by atoms with van der Waals surface area (Å²) in [6.07, 6.45) is 6.13. The molecule has 0 aliphatic heterocycles. The number of carbonyl (C=O) groups is 1. The Morgan fingerprint density at radius 3 is 2.38 bits per heavy atom. The van der Waals surface area contributed by atoms with E-state index in [1.54, 1.807) is 24.3 Å². The molecule has 134 valence electrons. The first-order chi connectivity index (χ1) is 12.5. The number of nitrogens with zero attached hydrogens (tertiary/aromatic N) is 3. The van der Waals surface area contributed by atoms with E-state index >= 15 is 0 Å². The largest absolute Gasteiger partial charge is 0.619 e.